The quantitative estimate of drug-likeness (QED) is 0.605. The van der Waals surface area contributed by atoms with Crippen molar-refractivity contribution in [2.45, 2.75) is 77.4 Å². The number of rotatable bonds is 5. The van der Waals surface area contributed by atoms with Crippen LogP contribution in [0.2, 0.25) is 0 Å². The van der Waals surface area contributed by atoms with Gasteiger partial charge in [0.15, 0.2) is 0 Å². The van der Waals surface area contributed by atoms with Crippen LogP contribution >= 0.6 is 0 Å². The van der Waals surface area contributed by atoms with Gasteiger partial charge >= 0.3 is 0 Å². The van der Waals surface area contributed by atoms with Crippen LogP contribution in [0, 0.1) is 5.41 Å². The Morgan fingerprint density at radius 1 is 1.06 bits per heavy atom. The number of pyridine rings is 1. The molecule has 35 heavy (non-hydrogen) atoms. The second kappa shape index (κ2) is 9.11. The van der Waals surface area contributed by atoms with Gasteiger partial charge in [-0.05, 0) is 52.9 Å². The van der Waals surface area contributed by atoms with E-state index in [-0.39, 0.29) is 16.7 Å². The SMILES string of the molecule is CC(C)c1nc2c(c(C3=CCOCC3)c1C(O)c1ccc(C3(C)COC3)cc1)C(O)CC(C)(C)C2. The smallest absolute Gasteiger partial charge is 0.106 e. The van der Waals surface area contributed by atoms with Crippen molar-refractivity contribution >= 4 is 5.57 Å². The molecular weight excluding hydrogens is 438 g/mol. The van der Waals surface area contributed by atoms with Crippen LogP contribution in [-0.2, 0) is 21.3 Å². The van der Waals surface area contributed by atoms with Crippen LogP contribution in [0.3, 0.4) is 0 Å². The van der Waals surface area contributed by atoms with Crippen LogP contribution in [0.4, 0.5) is 0 Å². The summed E-state index contributed by atoms with van der Waals surface area (Å²) in [6, 6.07) is 8.31. The Bertz CT molecular complexity index is 1130. The molecule has 3 aliphatic rings. The highest BCUT2D eigenvalue weighted by atomic mass is 16.5. The van der Waals surface area contributed by atoms with Gasteiger partial charge in [-0.3, -0.25) is 4.98 Å². The van der Waals surface area contributed by atoms with E-state index in [9.17, 15) is 10.2 Å². The van der Waals surface area contributed by atoms with Gasteiger partial charge < -0.3 is 19.7 Å². The third-order valence-electron chi connectivity index (χ3n) is 7.98. The lowest BCUT2D eigenvalue weighted by Gasteiger charge is -2.39. The van der Waals surface area contributed by atoms with Gasteiger partial charge in [0.2, 0.25) is 0 Å². The molecule has 5 rings (SSSR count). The lowest BCUT2D eigenvalue weighted by molar-refractivity contribution is -0.0500. The molecule has 2 N–H and O–H groups in total. The average Bonchev–Trinajstić information content (AvgIpc) is 2.80. The van der Waals surface area contributed by atoms with Crippen molar-refractivity contribution in [1.82, 2.24) is 4.98 Å². The molecule has 188 valence electrons. The van der Waals surface area contributed by atoms with Crippen molar-refractivity contribution in [1.29, 1.82) is 0 Å². The summed E-state index contributed by atoms with van der Waals surface area (Å²) in [5.74, 6) is 0.136. The van der Waals surface area contributed by atoms with Crippen molar-refractivity contribution in [3.8, 4) is 0 Å². The monoisotopic (exact) mass is 477 g/mol. The van der Waals surface area contributed by atoms with Gasteiger partial charge in [0.1, 0.15) is 6.10 Å². The van der Waals surface area contributed by atoms with Crippen molar-refractivity contribution in [2.75, 3.05) is 26.4 Å². The molecule has 0 amide bonds. The molecule has 2 unspecified atom stereocenters. The Morgan fingerprint density at radius 3 is 2.34 bits per heavy atom. The maximum absolute atomic E-state index is 11.9. The first kappa shape index (κ1) is 24.6. The Morgan fingerprint density at radius 2 is 1.77 bits per heavy atom. The zero-order valence-corrected chi connectivity index (χ0v) is 21.7. The Balaban J connectivity index is 1.68. The highest BCUT2D eigenvalue weighted by Gasteiger charge is 2.39. The first-order valence-electron chi connectivity index (χ1n) is 13.0. The number of aliphatic hydroxyl groups excluding tert-OH is 2. The molecule has 0 radical (unpaired) electrons. The fourth-order valence-corrected chi connectivity index (χ4v) is 5.95. The number of hydrogen-bond acceptors (Lipinski definition) is 5. The van der Waals surface area contributed by atoms with Gasteiger partial charge in [0.25, 0.3) is 0 Å². The number of ether oxygens (including phenoxy) is 2. The lowest BCUT2D eigenvalue weighted by atomic mass is 9.71. The fourth-order valence-electron chi connectivity index (χ4n) is 5.95. The first-order chi connectivity index (χ1) is 16.6. The van der Waals surface area contributed by atoms with E-state index in [4.69, 9.17) is 14.5 Å². The minimum absolute atomic E-state index is 0.0215. The predicted octanol–water partition coefficient (Wildman–Crippen LogP) is 5.38. The molecule has 1 fully saturated rings. The molecule has 1 saturated heterocycles. The first-order valence-corrected chi connectivity index (χ1v) is 13.0. The second-order valence-electron chi connectivity index (χ2n) is 12.0. The molecule has 0 saturated carbocycles. The van der Waals surface area contributed by atoms with Gasteiger partial charge in [-0.2, -0.15) is 0 Å². The highest BCUT2D eigenvalue weighted by Crippen LogP contribution is 2.48. The van der Waals surface area contributed by atoms with E-state index < -0.39 is 12.2 Å². The summed E-state index contributed by atoms with van der Waals surface area (Å²) in [4.78, 5) is 5.15. The molecule has 5 heteroatoms. The minimum atomic E-state index is -0.828. The van der Waals surface area contributed by atoms with Gasteiger partial charge in [0.05, 0.1) is 32.5 Å². The standard InChI is InChI=1S/C30H39NO4/c1-18(2)27-26(28(33)20-6-8-21(9-7-20)30(5)16-35-17-30)24(19-10-12-34-13-11-19)25-22(31-27)14-29(3,4)15-23(25)32/h6-10,18,23,28,32-33H,11-17H2,1-5H3. The van der Waals surface area contributed by atoms with E-state index >= 15 is 0 Å². The Hall–Kier alpha value is -2.05. The topological polar surface area (TPSA) is 71.8 Å². The second-order valence-corrected chi connectivity index (χ2v) is 12.0. The van der Waals surface area contributed by atoms with E-state index in [1.54, 1.807) is 0 Å². The van der Waals surface area contributed by atoms with Crippen molar-refractivity contribution < 1.29 is 19.7 Å². The Kier molecular flexibility index (Phi) is 6.41. The van der Waals surface area contributed by atoms with Gasteiger partial charge in [-0.1, -0.05) is 65.0 Å². The molecule has 3 heterocycles. The average molecular weight is 478 g/mol. The van der Waals surface area contributed by atoms with Crippen LogP contribution in [0.5, 0.6) is 0 Å². The zero-order chi connectivity index (χ0) is 25.0. The highest BCUT2D eigenvalue weighted by molar-refractivity contribution is 5.74. The van der Waals surface area contributed by atoms with E-state index in [0.717, 1.165) is 65.3 Å². The molecule has 2 aliphatic heterocycles. The molecule has 2 atom stereocenters. The van der Waals surface area contributed by atoms with E-state index in [2.05, 4.69) is 52.8 Å². The molecule has 1 aromatic heterocycles. The normalized spacial score (nSPS) is 23.9. The molecule has 0 bridgehead atoms. The molecule has 1 aliphatic carbocycles. The fraction of sp³-hybridized carbons (Fsp3) is 0.567. The van der Waals surface area contributed by atoms with E-state index in [0.29, 0.717) is 19.6 Å². The lowest BCUT2D eigenvalue weighted by Crippen LogP contribution is -2.43. The summed E-state index contributed by atoms with van der Waals surface area (Å²) in [6.07, 6.45) is 2.96. The van der Waals surface area contributed by atoms with Crippen molar-refractivity contribution in [2.24, 2.45) is 5.41 Å². The van der Waals surface area contributed by atoms with Gasteiger partial charge in [-0.25, -0.2) is 0 Å². The summed E-state index contributed by atoms with van der Waals surface area (Å²) in [6.45, 7) is 13.5. The number of nitrogens with zero attached hydrogens (tertiary/aromatic N) is 1. The summed E-state index contributed by atoms with van der Waals surface area (Å²) >= 11 is 0. The number of aliphatic hydroxyl groups is 2. The summed E-state index contributed by atoms with van der Waals surface area (Å²) in [7, 11) is 0. The number of benzene rings is 1. The van der Waals surface area contributed by atoms with Crippen molar-refractivity contribution in [3.63, 3.8) is 0 Å². The van der Waals surface area contributed by atoms with Gasteiger partial charge in [-0.15, -0.1) is 0 Å². The van der Waals surface area contributed by atoms with Crippen LogP contribution in [0.1, 0.15) is 105 Å². The largest absolute Gasteiger partial charge is 0.388 e. The predicted molar refractivity (Wildman–Crippen MR) is 137 cm³/mol. The zero-order valence-electron chi connectivity index (χ0n) is 21.7. The van der Waals surface area contributed by atoms with Crippen LogP contribution in [0.15, 0.2) is 30.3 Å². The maximum atomic E-state index is 11.9. The molecule has 0 spiro atoms. The number of aromatic nitrogens is 1. The molecule has 5 nitrogen and oxygen atoms in total. The van der Waals surface area contributed by atoms with Gasteiger partial charge in [0, 0.05) is 27.9 Å². The third kappa shape index (κ3) is 4.48. The summed E-state index contributed by atoms with van der Waals surface area (Å²) in [5.41, 5.74) is 7.92. The third-order valence-corrected chi connectivity index (χ3v) is 7.98. The molecular formula is C30H39NO4. The summed E-state index contributed by atoms with van der Waals surface area (Å²) in [5, 5.41) is 23.3. The van der Waals surface area contributed by atoms with E-state index in [1.807, 2.05) is 12.1 Å². The van der Waals surface area contributed by atoms with E-state index in [1.165, 1.54) is 5.56 Å². The Labute approximate surface area is 209 Å². The van der Waals surface area contributed by atoms with Crippen LogP contribution in [0.25, 0.3) is 5.57 Å². The van der Waals surface area contributed by atoms with Crippen molar-refractivity contribution in [3.05, 3.63) is 69.5 Å². The van der Waals surface area contributed by atoms with Crippen LogP contribution in [-0.4, -0.2) is 41.6 Å². The number of hydrogen-bond donors (Lipinski definition) is 2. The summed E-state index contributed by atoms with van der Waals surface area (Å²) < 4.78 is 11.1. The molecule has 1 aromatic carbocycles. The maximum Gasteiger partial charge on any atom is 0.106 e. The van der Waals surface area contributed by atoms with Crippen LogP contribution < -0.4 is 0 Å². The minimum Gasteiger partial charge on any atom is -0.388 e. The molecule has 2 aromatic rings. The number of fused-ring (bicyclic) bond motifs is 1.